The van der Waals surface area contributed by atoms with Crippen molar-refractivity contribution in [3.8, 4) is 0 Å². The number of amides is 1. The summed E-state index contributed by atoms with van der Waals surface area (Å²) in [7, 11) is -1.93. The largest absolute Gasteiger partial charge is 0.416 e. The summed E-state index contributed by atoms with van der Waals surface area (Å²) in [4.78, 5) is 13.1. The van der Waals surface area contributed by atoms with E-state index in [0.29, 0.717) is 0 Å². The van der Waals surface area contributed by atoms with Gasteiger partial charge in [-0.1, -0.05) is 18.2 Å². The maximum absolute atomic E-state index is 12.9. The summed E-state index contributed by atoms with van der Waals surface area (Å²) >= 11 is 0. The molecule has 0 radical (unpaired) electrons. The number of carbonyl (C=O) groups excluding carboxylic acids is 1. The van der Waals surface area contributed by atoms with Crippen molar-refractivity contribution in [1.82, 2.24) is 4.90 Å². The molecule has 1 aromatic carbocycles. The molecule has 0 aliphatic heterocycles. The lowest BCUT2D eigenvalue weighted by molar-refractivity contribution is -0.139. The molecule has 1 aromatic rings. The van der Waals surface area contributed by atoms with Crippen LogP contribution in [-0.2, 0) is 27.4 Å². The summed E-state index contributed by atoms with van der Waals surface area (Å²) in [6, 6.07) is 3.87. The molecule has 0 aliphatic carbocycles. The van der Waals surface area contributed by atoms with E-state index in [4.69, 9.17) is 5.73 Å². The molecular formula is C14H19F3N2O3S. The Morgan fingerprint density at radius 1 is 1.30 bits per heavy atom. The Labute approximate surface area is 133 Å². The molecule has 1 rings (SSSR count). The summed E-state index contributed by atoms with van der Waals surface area (Å²) in [6.07, 6.45) is -3.57. The van der Waals surface area contributed by atoms with E-state index >= 15 is 0 Å². The number of likely N-dealkylation sites (N-methyl/N-ethyl adjacent to an activating group) is 1. The van der Waals surface area contributed by atoms with Crippen molar-refractivity contribution in [3.05, 3.63) is 35.4 Å². The topological polar surface area (TPSA) is 80.5 Å². The third-order valence-electron chi connectivity index (χ3n) is 3.22. The molecule has 130 valence electrons. The molecule has 1 amide bonds. The van der Waals surface area contributed by atoms with Gasteiger partial charge in [0.15, 0.2) is 0 Å². The van der Waals surface area contributed by atoms with Crippen LogP contribution in [-0.4, -0.2) is 44.3 Å². The first kappa shape index (κ1) is 19.4. The predicted octanol–water partition coefficient (Wildman–Crippen LogP) is 1.43. The first-order valence-corrected chi connectivity index (χ1v) is 8.81. The number of benzene rings is 1. The summed E-state index contributed by atoms with van der Waals surface area (Å²) in [5.74, 6) is -0.863. The van der Waals surface area contributed by atoms with Crippen LogP contribution >= 0.6 is 0 Å². The normalized spacial score (nSPS) is 13.7. The van der Waals surface area contributed by atoms with E-state index in [2.05, 4.69) is 0 Å². The molecule has 0 bridgehead atoms. The minimum absolute atomic E-state index is 0.0498. The van der Waals surface area contributed by atoms with Crippen LogP contribution in [0.3, 0.4) is 0 Å². The van der Waals surface area contributed by atoms with E-state index in [1.54, 1.807) is 0 Å². The standard InChI is InChI=1S/C14H19F3N2O3S/c1-19(13(20)12(18)7-8-23(2,21)22)9-10-5-3-4-6-11(10)14(15,16)17/h3-6,12H,7-9,18H2,1-2H3. The zero-order valence-corrected chi connectivity index (χ0v) is 13.6. The highest BCUT2D eigenvalue weighted by molar-refractivity contribution is 7.90. The highest BCUT2D eigenvalue weighted by Crippen LogP contribution is 2.32. The lowest BCUT2D eigenvalue weighted by Gasteiger charge is -2.23. The van der Waals surface area contributed by atoms with Crippen LogP contribution in [0.1, 0.15) is 17.5 Å². The summed E-state index contributed by atoms with van der Waals surface area (Å²) in [6.45, 7) is -0.263. The number of hydrogen-bond donors (Lipinski definition) is 1. The Morgan fingerprint density at radius 3 is 2.39 bits per heavy atom. The molecule has 1 unspecified atom stereocenters. The van der Waals surface area contributed by atoms with Gasteiger partial charge in [-0.25, -0.2) is 8.42 Å². The smallest absolute Gasteiger partial charge is 0.340 e. The third kappa shape index (κ3) is 6.19. The molecule has 9 heteroatoms. The number of halogens is 3. The molecular weight excluding hydrogens is 333 g/mol. The first-order chi connectivity index (χ1) is 10.4. The number of hydrogen-bond acceptors (Lipinski definition) is 4. The maximum Gasteiger partial charge on any atom is 0.416 e. The van der Waals surface area contributed by atoms with Gasteiger partial charge >= 0.3 is 6.18 Å². The van der Waals surface area contributed by atoms with Gasteiger partial charge in [-0.05, 0) is 18.1 Å². The second-order valence-corrected chi connectivity index (χ2v) is 7.63. The quantitative estimate of drug-likeness (QED) is 0.840. The molecule has 2 N–H and O–H groups in total. The molecule has 0 heterocycles. The van der Waals surface area contributed by atoms with Crippen molar-refractivity contribution in [1.29, 1.82) is 0 Å². The molecule has 0 spiro atoms. The number of nitrogens with zero attached hydrogens (tertiary/aromatic N) is 1. The van der Waals surface area contributed by atoms with E-state index in [1.165, 1.54) is 25.2 Å². The highest BCUT2D eigenvalue weighted by atomic mass is 32.2. The Hall–Kier alpha value is -1.61. The zero-order chi connectivity index (χ0) is 17.8. The first-order valence-electron chi connectivity index (χ1n) is 6.75. The Morgan fingerprint density at radius 2 is 1.87 bits per heavy atom. The van der Waals surface area contributed by atoms with Crippen LogP contribution < -0.4 is 5.73 Å². The van der Waals surface area contributed by atoms with Gasteiger partial charge in [0, 0.05) is 19.8 Å². The lowest BCUT2D eigenvalue weighted by Crippen LogP contribution is -2.42. The molecule has 5 nitrogen and oxygen atoms in total. The van der Waals surface area contributed by atoms with Crippen LogP contribution in [0, 0.1) is 0 Å². The van der Waals surface area contributed by atoms with Gasteiger partial charge in [-0.3, -0.25) is 4.79 Å². The van der Waals surface area contributed by atoms with Crippen molar-refractivity contribution >= 4 is 15.7 Å². The van der Waals surface area contributed by atoms with Crippen molar-refractivity contribution in [3.63, 3.8) is 0 Å². The van der Waals surface area contributed by atoms with Gasteiger partial charge in [0.05, 0.1) is 17.4 Å². The Kier molecular flexibility index (Phi) is 6.18. The SMILES string of the molecule is CN(Cc1ccccc1C(F)(F)F)C(=O)C(N)CCS(C)(=O)=O. The average Bonchev–Trinajstić information content (AvgIpc) is 2.42. The molecule has 0 saturated heterocycles. The van der Waals surface area contributed by atoms with E-state index in [9.17, 15) is 26.4 Å². The van der Waals surface area contributed by atoms with Crippen LogP contribution in [0.2, 0.25) is 0 Å². The number of alkyl halides is 3. The van der Waals surface area contributed by atoms with Crippen molar-refractivity contribution in [2.24, 2.45) is 5.73 Å². The minimum atomic E-state index is -4.51. The van der Waals surface area contributed by atoms with E-state index in [0.717, 1.165) is 17.2 Å². The predicted molar refractivity (Wildman–Crippen MR) is 80.2 cm³/mol. The summed E-state index contributed by atoms with van der Waals surface area (Å²) in [5, 5.41) is 0. The number of carbonyl (C=O) groups is 1. The van der Waals surface area contributed by atoms with Gasteiger partial charge in [0.2, 0.25) is 5.91 Å². The van der Waals surface area contributed by atoms with Crippen LogP contribution in [0.15, 0.2) is 24.3 Å². The van der Waals surface area contributed by atoms with Gasteiger partial charge in [-0.2, -0.15) is 13.2 Å². The molecule has 23 heavy (non-hydrogen) atoms. The molecule has 1 atom stereocenters. The monoisotopic (exact) mass is 352 g/mol. The fourth-order valence-electron chi connectivity index (χ4n) is 2.02. The van der Waals surface area contributed by atoms with Crippen molar-refractivity contribution < 1.29 is 26.4 Å². The average molecular weight is 352 g/mol. The third-order valence-corrected chi connectivity index (χ3v) is 4.20. The van der Waals surface area contributed by atoms with E-state index in [-0.39, 0.29) is 24.3 Å². The van der Waals surface area contributed by atoms with Crippen LogP contribution in [0.5, 0.6) is 0 Å². The zero-order valence-electron chi connectivity index (χ0n) is 12.8. The second-order valence-electron chi connectivity index (χ2n) is 5.37. The van der Waals surface area contributed by atoms with E-state index < -0.39 is 33.5 Å². The molecule has 0 fully saturated rings. The van der Waals surface area contributed by atoms with Crippen LogP contribution in [0.4, 0.5) is 13.2 Å². The fraction of sp³-hybridized carbons (Fsp3) is 0.500. The lowest BCUT2D eigenvalue weighted by atomic mass is 10.1. The molecule has 0 aliphatic rings. The van der Waals surface area contributed by atoms with Gasteiger partial charge in [0.1, 0.15) is 9.84 Å². The highest BCUT2D eigenvalue weighted by Gasteiger charge is 2.33. The maximum atomic E-state index is 12.9. The second kappa shape index (κ2) is 7.31. The molecule has 0 aromatic heterocycles. The van der Waals surface area contributed by atoms with Crippen molar-refractivity contribution in [2.75, 3.05) is 19.1 Å². The van der Waals surface area contributed by atoms with Gasteiger partial charge in [0.25, 0.3) is 0 Å². The fourth-order valence-corrected chi connectivity index (χ4v) is 2.70. The summed E-state index contributed by atoms with van der Waals surface area (Å²) < 4.78 is 60.9. The Balaban J connectivity index is 2.80. The minimum Gasteiger partial charge on any atom is -0.340 e. The number of sulfone groups is 1. The van der Waals surface area contributed by atoms with Gasteiger partial charge in [-0.15, -0.1) is 0 Å². The number of nitrogens with two attached hydrogens (primary N) is 1. The van der Waals surface area contributed by atoms with Crippen molar-refractivity contribution in [2.45, 2.75) is 25.2 Å². The Bertz CT molecular complexity index is 659. The number of rotatable bonds is 6. The molecule has 0 saturated carbocycles. The summed E-state index contributed by atoms with van der Waals surface area (Å²) in [5.41, 5.74) is 4.76. The van der Waals surface area contributed by atoms with Crippen LogP contribution in [0.25, 0.3) is 0 Å². The van der Waals surface area contributed by atoms with E-state index in [1.807, 2.05) is 0 Å². The van der Waals surface area contributed by atoms with Gasteiger partial charge < -0.3 is 10.6 Å².